The lowest BCUT2D eigenvalue weighted by atomic mass is 9.83. The number of hydrogen-bond donors (Lipinski definition) is 1. The number of benzene rings is 1. The van der Waals surface area contributed by atoms with Crippen molar-refractivity contribution < 1.29 is 26.4 Å². The molecule has 2 atom stereocenters. The lowest BCUT2D eigenvalue weighted by Gasteiger charge is -2.39. The molecule has 2 heterocycles. The minimum Gasteiger partial charge on any atom is -0.340 e. The summed E-state index contributed by atoms with van der Waals surface area (Å²) in [5, 5.41) is 0. The van der Waals surface area contributed by atoms with E-state index < -0.39 is 33.6 Å². The Morgan fingerprint density at radius 2 is 1.93 bits per heavy atom. The van der Waals surface area contributed by atoms with Gasteiger partial charge in [-0.05, 0) is 31.4 Å². The van der Waals surface area contributed by atoms with Crippen molar-refractivity contribution in [1.82, 2.24) is 14.5 Å². The van der Waals surface area contributed by atoms with Crippen LogP contribution in [-0.2, 0) is 21.4 Å². The number of nitrogens with zero attached hydrogens (tertiary/aromatic N) is 2. The van der Waals surface area contributed by atoms with Crippen LogP contribution in [0.25, 0.3) is 0 Å². The Morgan fingerprint density at radius 3 is 2.55 bits per heavy atom. The number of carbonyl (C=O) groups excluding carboxylic acids is 1. The van der Waals surface area contributed by atoms with E-state index in [4.69, 9.17) is 0 Å². The van der Waals surface area contributed by atoms with Gasteiger partial charge in [0.15, 0.2) is 5.41 Å². The maximum Gasteiger partial charge on any atom is 0.404 e. The molecule has 29 heavy (non-hydrogen) atoms. The number of amides is 1. The summed E-state index contributed by atoms with van der Waals surface area (Å²) >= 11 is 0. The molecule has 2 unspecified atom stereocenters. The smallest absolute Gasteiger partial charge is 0.340 e. The topological polar surface area (TPSA) is 69.7 Å². The van der Waals surface area contributed by atoms with Crippen LogP contribution in [0.1, 0.15) is 24.8 Å². The highest BCUT2D eigenvalue weighted by Gasteiger charge is 2.64. The Kier molecular flexibility index (Phi) is 6.26. The summed E-state index contributed by atoms with van der Waals surface area (Å²) in [6.45, 7) is 0.313. The summed E-state index contributed by atoms with van der Waals surface area (Å²) in [6, 6.07) is 8.64. The third-order valence-corrected chi connectivity index (χ3v) is 6.40. The van der Waals surface area contributed by atoms with Gasteiger partial charge in [-0.1, -0.05) is 30.3 Å². The molecule has 1 aromatic rings. The Bertz CT molecular complexity index is 832. The lowest BCUT2D eigenvalue weighted by Crippen LogP contribution is -2.58. The molecule has 0 spiro atoms. The number of likely N-dealkylation sites (tertiary alicyclic amines) is 2. The summed E-state index contributed by atoms with van der Waals surface area (Å²) in [5.74, 6) is -0.944. The van der Waals surface area contributed by atoms with Gasteiger partial charge in [0.2, 0.25) is 15.9 Å². The molecule has 0 bridgehead atoms. The van der Waals surface area contributed by atoms with Gasteiger partial charge in [-0.3, -0.25) is 9.69 Å². The summed E-state index contributed by atoms with van der Waals surface area (Å²) in [5.41, 5.74) is -1.55. The Balaban J connectivity index is 1.76. The summed E-state index contributed by atoms with van der Waals surface area (Å²) in [7, 11) is -3.50. The highest BCUT2D eigenvalue weighted by Crippen LogP contribution is 2.47. The van der Waals surface area contributed by atoms with Crippen LogP contribution in [0.2, 0.25) is 0 Å². The van der Waals surface area contributed by atoms with Crippen LogP contribution < -0.4 is 4.72 Å². The normalized spacial score (nSPS) is 26.6. The molecule has 2 saturated heterocycles. The molecule has 3 rings (SSSR count). The van der Waals surface area contributed by atoms with Gasteiger partial charge in [0.05, 0.1) is 6.26 Å². The van der Waals surface area contributed by atoms with Crippen LogP contribution in [0.3, 0.4) is 0 Å². The number of hydrogen-bond acceptors (Lipinski definition) is 4. The van der Waals surface area contributed by atoms with Crippen molar-refractivity contribution in [2.75, 3.05) is 32.4 Å². The van der Waals surface area contributed by atoms with Gasteiger partial charge in [0.25, 0.3) is 0 Å². The Labute approximate surface area is 169 Å². The maximum atomic E-state index is 14.1. The van der Waals surface area contributed by atoms with Crippen LogP contribution in [0.4, 0.5) is 13.2 Å². The third kappa shape index (κ3) is 5.10. The first-order valence-corrected chi connectivity index (χ1v) is 11.5. The molecule has 10 heteroatoms. The second-order valence-electron chi connectivity index (χ2n) is 8.01. The molecule has 1 N–H and O–H groups in total. The van der Waals surface area contributed by atoms with E-state index in [2.05, 4.69) is 4.72 Å². The fourth-order valence-electron chi connectivity index (χ4n) is 4.26. The van der Waals surface area contributed by atoms with Crippen molar-refractivity contribution in [3.05, 3.63) is 35.9 Å². The van der Waals surface area contributed by atoms with E-state index in [1.807, 2.05) is 30.3 Å². The molecule has 6 nitrogen and oxygen atoms in total. The van der Waals surface area contributed by atoms with Crippen LogP contribution >= 0.6 is 0 Å². The molecule has 1 aromatic carbocycles. The molecule has 2 fully saturated rings. The second kappa shape index (κ2) is 8.23. The number of sulfonamides is 1. The second-order valence-corrected chi connectivity index (χ2v) is 9.79. The zero-order valence-electron chi connectivity index (χ0n) is 16.3. The molecule has 2 aliphatic heterocycles. The SMILES string of the molecule is CS(=O)(=O)NC1CCCN(C(=O)C2(C(F)(F)F)CCN(Cc3ccccc3)C2)C1. The van der Waals surface area contributed by atoms with Gasteiger partial charge in [0, 0.05) is 32.2 Å². The average molecular weight is 433 g/mol. The molecular formula is C19H26F3N3O3S. The van der Waals surface area contributed by atoms with Gasteiger partial charge in [-0.2, -0.15) is 13.2 Å². The molecule has 0 radical (unpaired) electrons. The average Bonchev–Trinajstić information content (AvgIpc) is 3.06. The van der Waals surface area contributed by atoms with Gasteiger partial charge in [0.1, 0.15) is 0 Å². The number of carbonyl (C=O) groups is 1. The first-order valence-electron chi connectivity index (χ1n) is 9.60. The fraction of sp³-hybridized carbons (Fsp3) is 0.632. The number of piperidine rings is 1. The molecule has 0 saturated carbocycles. The van der Waals surface area contributed by atoms with Crippen molar-refractivity contribution >= 4 is 15.9 Å². The van der Waals surface area contributed by atoms with Crippen molar-refractivity contribution in [3.63, 3.8) is 0 Å². The fourth-order valence-corrected chi connectivity index (χ4v) is 5.05. The van der Waals surface area contributed by atoms with Crippen molar-refractivity contribution in [2.45, 2.75) is 38.0 Å². The first kappa shape index (κ1) is 22.0. The summed E-state index contributed by atoms with van der Waals surface area (Å²) in [6.07, 6.45) is -3.00. The quantitative estimate of drug-likeness (QED) is 0.771. The van der Waals surface area contributed by atoms with Crippen molar-refractivity contribution in [1.29, 1.82) is 0 Å². The van der Waals surface area contributed by atoms with Crippen LogP contribution in [0.15, 0.2) is 30.3 Å². The molecule has 0 aliphatic carbocycles. The van der Waals surface area contributed by atoms with Crippen LogP contribution in [0.5, 0.6) is 0 Å². The number of halogens is 3. The largest absolute Gasteiger partial charge is 0.404 e. The summed E-state index contributed by atoms with van der Waals surface area (Å²) < 4.78 is 67.7. The molecule has 0 aromatic heterocycles. The van der Waals surface area contributed by atoms with E-state index in [1.54, 1.807) is 4.90 Å². The van der Waals surface area contributed by atoms with E-state index in [9.17, 15) is 26.4 Å². The predicted octanol–water partition coefficient (Wildman–Crippen LogP) is 1.98. The van der Waals surface area contributed by atoms with Gasteiger partial charge in [-0.15, -0.1) is 0 Å². The minimum atomic E-state index is -4.67. The summed E-state index contributed by atoms with van der Waals surface area (Å²) in [4.78, 5) is 15.9. The van der Waals surface area contributed by atoms with Gasteiger partial charge in [-0.25, -0.2) is 13.1 Å². The Morgan fingerprint density at radius 1 is 1.24 bits per heavy atom. The highest BCUT2D eigenvalue weighted by atomic mass is 32.2. The number of alkyl halides is 3. The monoisotopic (exact) mass is 433 g/mol. The maximum absolute atomic E-state index is 14.1. The van der Waals surface area contributed by atoms with E-state index in [0.29, 0.717) is 19.4 Å². The number of rotatable bonds is 5. The number of nitrogens with one attached hydrogen (secondary N) is 1. The van der Waals surface area contributed by atoms with Crippen molar-refractivity contribution in [2.24, 2.45) is 5.41 Å². The van der Waals surface area contributed by atoms with Gasteiger partial charge < -0.3 is 4.90 Å². The lowest BCUT2D eigenvalue weighted by molar-refractivity contribution is -0.224. The van der Waals surface area contributed by atoms with Gasteiger partial charge >= 0.3 is 6.18 Å². The zero-order chi connectivity index (χ0) is 21.3. The van der Waals surface area contributed by atoms with E-state index in [1.165, 1.54) is 4.90 Å². The zero-order valence-corrected chi connectivity index (χ0v) is 17.1. The van der Waals surface area contributed by atoms with E-state index in [-0.39, 0.29) is 32.6 Å². The molecular weight excluding hydrogens is 407 g/mol. The van der Waals surface area contributed by atoms with Crippen molar-refractivity contribution in [3.8, 4) is 0 Å². The first-order chi connectivity index (χ1) is 13.5. The van der Waals surface area contributed by atoms with E-state index >= 15 is 0 Å². The van der Waals surface area contributed by atoms with E-state index in [0.717, 1.165) is 11.8 Å². The Hall–Kier alpha value is -1.65. The molecule has 1 amide bonds. The third-order valence-electron chi connectivity index (χ3n) is 5.64. The standard InChI is InChI=1S/C19H26F3N3O3S/c1-29(27,28)23-16-8-5-10-25(13-16)17(26)18(19(20,21)22)9-11-24(14-18)12-15-6-3-2-4-7-15/h2-4,6-7,16,23H,5,8-14H2,1H3. The molecule has 2 aliphatic rings. The van der Waals surface area contributed by atoms with Crippen LogP contribution in [-0.4, -0.2) is 68.8 Å². The predicted molar refractivity (Wildman–Crippen MR) is 102 cm³/mol. The minimum absolute atomic E-state index is 0.0393. The van der Waals surface area contributed by atoms with Crippen LogP contribution in [0, 0.1) is 5.41 Å². The highest BCUT2D eigenvalue weighted by molar-refractivity contribution is 7.88. The molecule has 162 valence electrons.